The van der Waals surface area contributed by atoms with Crippen LogP contribution in [0.3, 0.4) is 0 Å². The lowest BCUT2D eigenvalue weighted by molar-refractivity contribution is -0.121. The zero-order valence-corrected chi connectivity index (χ0v) is 19.4. The van der Waals surface area contributed by atoms with Crippen molar-refractivity contribution in [2.75, 3.05) is 0 Å². The quantitative estimate of drug-likeness (QED) is 0.523. The van der Waals surface area contributed by atoms with E-state index in [1.54, 1.807) is 12.1 Å². The van der Waals surface area contributed by atoms with Crippen molar-refractivity contribution in [3.8, 4) is 0 Å². The molecule has 3 aliphatic rings. The standard InChI is InChI=1S/C24H26FNO4S2/c25-23-13-26-24(31-23)12-21(28)19(10-14-1-5-17(27)9-14)16-4-8-22(20(11-16)15-2-3-15)32(29,30)18-6-7-18/h4,8,11,13-15,18-19H,1-3,5-7,9-10,12H2/t14-,19+/m0/s1. The van der Waals surface area contributed by atoms with Crippen molar-refractivity contribution in [2.45, 2.75) is 79.8 Å². The fourth-order valence-corrected chi connectivity index (χ4v) is 7.41. The molecule has 1 heterocycles. The van der Waals surface area contributed by atoms with Gasteiger partial charge in [0.2, 0.25) is 0 Å². The minimum Gasteiger partial charge on any atom is -0.300 e. The van der Waals surface area contributed by atoms with E-state index in [0.29, 0.717) is 29.2 Å². The number of sulfone groups is 1. The van der Waals surface area contributed by atoms with Gasteiger partial charge in [-0.3, -0.25) is 9.59 Å². The van der Waals surface area contributed by atoms with Crippen LogP contribution in [0.1, 0.15) is 79.3 Å². The summed E-state index contributed by atoms with van der Waals surface area (Å²) in [5.74, 6) is 0.0955. The van der Waals surface area contributed by atoms with Gasteiger partial charge >= 0.3 is 0 Å². The Bertz CT molecular complexity index is 1160. The Morgan fingerprint density at radius 2 is 1.97 bits per heavy atom. The van der Waals surface area contributed by atoms with E-state index in [1.165, 1.54) is 0 Å². The number of nitrogens with zero attached hydrogens (tertiary/aromatic N) is 1. The average Bonchev–Trinajstić information content (AvgIpc) is 3.68. The Balaban J connectivity index is 1.47. The number of thiazole rings is 1. The highest BCUT2D eigenvalue weighted by atomic mass is 32.2. The van der Waals surface area contributed by atoms with Gasteiger partial charge in [-0.15, -0.1) is 0 Å². The largest absolute Gasteiger partial charge is 0.300 e. The maximum absolute atomic E-state index is 13.4. The first-order valence-corrected chi connectivity index (χ1v) is 13.7. The van der Waals surface area contributed by atoms with Gasteiger partial charge in [-0.1, -0.05) is 23.5 Å². The van der Waals surface area contributed by atoms with Gasteiger partial charge < -0.3 is 0 Å². The fraction of sp³-hybridized carbons (Fsp3) is 0.542. The number of rotatable bonds is 9. The van der Waals surface area contributed by atoms with Crippen molar-refractivity contribution >= 4 is 32.7 Å². The van der Waals surface area contributed by atoms with Gasteiger partial charge in [0.15, 0.2) is 15.0 Å². The highest BCUT2D eigenvalue weighted by molar-refractivity contribution is 7.92. The number of carbonyl (C=O) groups is 2. The predicted octanol–water partition coefficient (Wildman–Crippen LogP) is 4.75. The van der Waals surface area contributed by atoms with Crippen LogP contribution >= 0.6 is 11.3 Å². The molecule has 1 aromatic carbocycles. The molecule has 3 aliphatic carbocycles. The molecule has 2 aromatic rings. The number of halogens is 1. The number of aromatic nitrogens is 1. The molecule has 2 atom stereocenters. The molecule has 32 heavy (non-hydrogen) atoms. The van der Waals surface area contributed by atoms with Crippen LogP contribution in [0.4, 0.5) is 4.39 Å². The van der Waals surface area contributed by atoms with Crippen molar-refractivity contribution in [3.63, 3.8) is 0 Å². The summed E-state index contributed by atoms with van der Waals surface area (Å²) in [5, 5.41) is -0.251. The van der Waals surface area contributed by atoms with Crippen molar-refractivity contribution in [3.05, 3.63) is 45.7 Å². The maximum atomic E-state index is 13.4. The van der Waals surface area contributed by atoms with E-state index in [1.807, 2.05) is 6.07 Å². The predicted molar refractivity (Wildman–Crippen MR) is 119 cm³/mol. The molecule has 0 saturated heterocycles. The van der Waals surface area contributed by atoms with Crippen LogP contribution in [0.5, 0.6) is 0 Å². The molecule has 0 N–H and O–H groups in total. The van der Waals surface area contributed by atoms with Crippen molar-refractivity contribution in [2.24, 2.45) is 5.92 Å². The van der Waals surface area contributed by atoms with E-state index in [9.17, 15) is 22.4 Å². The Labute approximate surface area is 191 Å². The molecule has 0 amide bonds. The topological polar surface area (TPSA) is 81.2 Å². The van der Waals surface area contributed by atoms with Gasteiger partial charge in [-0.05, 0) is 67.6 Å². The summed E-state index contributed by atoms with van der Waals surface area (Å²) < 4.78 is 39.3. The highest BCUT2D eigenvalue weighted by Gasteiger charge is 2.41. The number of benzene rings is 1. The molecule has 0 unspecified atom stereocenters. The molecule has 1 aromatic heterocycles. The number of carbonyl (C=O) groups excluding carboxylic acids is 2. The van der Waals surface area contributed by atoms with Gasteiger partial charge in [0.25, 0.3) is 0 Å². The molecular formula is C24H26FNO4S2. The fourth-order valence-electron chi connectivity index (χ4n) is 4.84. The molecule has 0 spiro atoms. The lowest BCUT2D eigenvalue weighted by Gasteiger charge is -2.21. The maximum Gasteiger partial charge on any atom is 0.196 e. The van der Waals surface area contributed by atoms with E-state index in [-0.39, 0.29) is 35.1 Å². The highest BCUT2D eigenvalue weighted by Crippen LogP contribution is 2.47. The third kappa shape index (κ3) is 4.57. The van der Waals surface area contributed by atoms with E-state index in [4.69, 9.17) is 0 Å². The first kappa shape index (κ1) is 21.9. The van der Waals surface area contributed by atoms with Gasteiger partial charge in [-0.2, -0.15) is 4.39 Å². The van der Waals surface area contributed by atoms with Gasteiger partial charge in [0.1, 0.15) is 16.6 Å². The number of hydrogen-bond acceptors (Lipinski definition) is 6. The molecule has 0 bridgehead atoms. The SMILES string of the molecule is O=C1CC[C@H](C[C@@H](C(=O)Cc2ncc(F)s2)c2ccc(S(=O)(=O)C3CC3)c(C3CC3)c2)C1. The number of hydrogen-bond donors (Lipinski definition) is 0. The molecule has 0 aliphatic heterocycles. The Morgan fingerprint density at radius 1 is 1.19 bits per heavy atom. The van der Waals surface area contributed by atoms with Gasteiger partial charge in [0, 0.05) is 18.8 Å². The first-order valence-electron chi connectivity index (χ1n) is 11.3. The summed E-state index contributed by atoms with van der Waals surface area (Å²) in [6, 6.07) is 5.40. The minimum atomic E-state index is -3.32. The third-order valence-electron chi connectivity index (χ3n) is 6.88. The Hall–Kier alpha value is -1.93. The third-order valence-corrected chi connectivity index (χ3v) is 10.00. The summed E-state index contributed by atoms with van der Waals surface area (Å²) in [6.45, 7) is 0. The van der Waals surface area contributed by atoms with Crippen LogP contribution in [0, 0.1) is 11.0 Å². The monoisotopic (exact) mass is 475 g/mol. The summed E-state index contributed by atoms with van der Waals surface area (Å²) in [6.07, 6.45) is 6.89. The van der Waals surface area contributed by atoms with Crippen molar-refractivity contribution < 1.29 is 22.4 Å². The molecule has 170 valence electrons. The Kier molecular flexibility index (Phi) is 5.78. The minimum absolute atomic E-state index is 0.0425. The number of ketones is 2. The van der Waals surface area contributed by atoms with Crippen LogP contribution in [-0.4, -0.2) is 30.2 Å². The smallest absolute Gasteiger partial charge is 0.196 e. The van der Waals surface area contributed by atoms with E-state index < -0.39 is 20.9 Å². The van der Waals surface area contributed by atoms with Crippen LogP contribution in [-0.2, 0) is 25.8 Å². The summed E-state index contributed by atoms with van der Waals surface area (Å²) >= 11 is 0.874. The first-order chi connectivity index (χ1) is 15.3. The van der Waals surface area contributed by atoms with Crippen molar-refractivity contribution in [1.82, 2.24) is 4.98 Å². The molecular weight excluding hydrogens is 449 g/mol. The average molecular weight is 476 g/mol. The van der Waals surface area contributed by atoms with Gasteiger partial charge in [-0.25, -0.2) is 13.4 Å². The summed E-state index contributed by atoms with van der Waals surface area (Å²) in [4.78, 5) is 29.6. The second-order valence-corrected chi connectivity index (χ2v) is 12.7. The molecule has 5 nitrogen and oxygen atoms in total. The van der Waals surface area contributed by atoms with Crippen LogP contribution < -0.4 is 0 Å². The normalized spacial score (nSPS) is 22.3. The second kappa shape index (κ2) is 8.45. The zero-order chi connectivity index (χ0) is 22.5. The zero-order valence-electron chi connectivity index (χ0n) is 17.8. The Morgan fingerprint density at radius 3 is 2.56 bits per heavy atom. The molecule has 3 fully saturated rings. The van der Waals surface area contributed by atoms with Crippen LogP contribution in [0.2, 0.25) is 0 Å². The van der Waals surface area contributed by atoms with Gasteiger partial charge in [0.05, 0.1) is 22.8 Å². The van der Waals surface area contributed by atoms with Crippen molar-refractivity contribution in [1.29, 1.82) is 0 Å². The van der Waals surface area contributed by atoms with E-state index >= 15 is 0 Å². The summed E-state index contributed by atoms with van der Waals surface area (Å²) in [7, 11) is -3.32. The molecule has 8 heteroatoms. The molecule has 5 rings (SSSR count). The summed E-state index contributed by atoms with van der Waals surface area (Å²) in [5.41, 5.74) is 1.65. The number of Topliss-reactive ketones (excluding diaryl/α,β-unsaturated/α-hetero) is 2. The van der Waals surface area contributed by atoms with E-state index in [2.05, 4.69) is 4.98 Å². The lowest BCUT2D eigenvalue weighted by Crippen LogP contribution is -2.19. The lowest BCUT2D eigenvalue weighted by atomic mass is 9.83. The molecule has 3 saturated carbocycles. The molecule has 0 radical (unpaired) electrons. The van der Waals surface area contributed by atoms with E-state index in [0.717, 1.165) is 60.8 Å². The van der Waals surface area contributed by atoms with Crippen LogP contribution in [0.25, 0.3) is 0 Å². The second-order valence-electron chi connectivity index (χ2n) is 9.45. The van der Waals surface area contributed by atoms with Crippen LogP contribution in [0.15, 0.2) is 29.3 Å².